The number of unbranched alkanes of at least 4 members (excludes halogenated alkanes) is 1. The van der Waals surface area contributed by atoms with Crippen molar-refractivity contribution in [2.45, 2.75) is 40.2 Å². The van der Waals surface area contributed by atoms with Crippen molar-refractivity contribution >= 4 is 5.96 Å². The van der Waals surface area contributed by atoms with Gasteiger partial charge in [0.25, 0.3) is 0 Å². The molecule has 6 nitrogen and oxygen atoms in total. The summed E-state index contributed by atoms with van der Waals surface area (Å²) >= 11 is 0. The highest BCUT2D eigenvalue weighted by Crippen LogP contribution is 2.15. The predicted octanol–water partition coefficient (Wildman–Crippen LogP) is 3.26. The number of guanidine groups is 1. The Balaban J connectivity index is 1.74. The van der Waals surface area contributed by atoms with E-state index in [1.165, 1.54) is 0 Å². The maximum atomic E-state index is 5.90. The lowest BCUT2D eigenvalue weighted by molar-refractivity contribution is 0.280. The van der Waals surface area contributed by atoms with Crippen LogP contribution >= 0.6 is 0 Å². The Bertz CT molecular complexity index is 710. The van der Waals surface area contributed by atoms with Crippen molar-refractivity contribution in [1.29, 1.82) is 0 Å². The van der Waals surface area contributed by atoms with Crippen LogP contribution in [0.5, 0.6) is 5.75 Å². The zero-order chi connectivity index (χ0) is 19.5. The van der Waals surface area contributed by atoms with Crippen LogP contribution in [0.25, 0.3) is 0 Å². The molecule has 1 aromatic carbocycles. The van der Waals surface area contributed by atoms with Gasteiger partial charge < -0.3 is 19.5 Å². The molecule has 1 heterocycles. The Hall–Kier alpha value is -2.50. The summed E-state index contributed by atoms with van der Waals surface area (Å²) in [5, 5.41) is 3.36. The summed E-state index contributed by atoms with van der Waals surface area (Å²) in [5.41, 5.74) is 1.16. The fourth-order valence-corrected chi connectivity index (χ4v) is 2.81. The number of benzene rings is 1. The van der Waals surface area contributed by atoms with Crippen molar-refractivity contribution in [2.75, 3.05) is 33.3 Å². The van der Waals surface area contributed by atoms with Gasteiger partial charge in [0.15, 0.2) is 5.96 Å². The van der Waals surface area contributed by atoms with Crippen LogP contribution in [-0.2, 0) is 6.54 Å². The highest BCUT2D eigenvalue weighted by Gasteiger charge is 2.06. The van der Waals surface area contributed by atoms with E-state index in [1.54, 1.807) is 0 Å². The van der Waals surface area contributed by atoms with Gasteiger partial charge in [0.1, 0.15) is 18.2 Å². The van der Waals surface area contributed by atoms with E-state index in [2.05, 4.69) is 46.7 Å². The summed E-state index contributed by atoms with van der Waals surface area (Å²) in [5.74, 6) is 2.95. The molecule has 0 spiro atoms. The summed E-state index contributed by atoms with van der Waals surface area (Å²) in [6.45, 7) is 10.3. The van der Waals surface area contributed by atoms with Crippen LogP contribution in [0.2, 0.25) is 0 Å². The highest BCUT2D eigenvalue weighted by molar-refractivity contribution is 5.79. The zero-order valence-corrected chi connectivity index (χ0v) is 17.1. The van der Waals surface area contributed by atoms with E-state index >= 15 is 0 Å². The Kier molecular flexibility index (Phi) is 8.68. The number of aliphatic imine (C=N–C) groups is 1. The monoisotopic (exact) mass is 371 g/mol. The molecular formula is C21H33N5O. The van der Waals surface area contributed by atoms with E-state index < -0.39 is 0 Å². The number of para-hydroxylation sites is 1. The number of aryl methyl sites for hydroxylation is 3. The minimum Gasteiger partial charge on any atom is -0.491 e. The normalized spacial score (nSPS) is 11.5. The van der Waals surface area contributed by atoms with Crippen LogP contribution < -0.4 is 10.1 Å². The molecule has 0 amide bonds. The first-order valence-corrected chi connectivity index (χ1v) is 9.77. The molecule has 0 saturated carbocycles. The van der Waals surface area contributed by atoms with E-state index in [4.69, 9.17) is 9.73 Å². The topological polar surface area (TPSA) is 54.7 Å². The summed E-state index contributed by atoms with van der Waals surface area (Å²) in [6.07, 6.45) is 6.04. The first kappa shape index (κ1) is 20.8. The summed E-state index contributed by atoms with van der Waals surface area (Å²) in [4.78, 5) is 11.1. The highest BCUT2D eigenvalue weighted by atomic mass is 16.5. The molecule has 6 heteroatoms. The van der Waals surface area contributed by atoms with Crippen LogP contribution in [0.15, 0.2) is 41.7 Å². The molecule has 0 saturated heterocycles. The first-order valence-electron chi connectivity index (χ1n) is 9.77. The molecule has 0 aliphatic heterocycles. The molecule has 0 bridgehead atoms. The van der Waals surface area contributed by atoms with Gasteiger partial charge in [-0.15, -0.1) is 0 Å². The molecule has 0 aliphatic carbocycles. The predicted molar refractivity (Wildman–Crippen MR) is 111 cm³/mol. The minimum atomic E-state index is 0.631. The molecule has 0 fully saturated rings. The Morgan fingerprint density at radius 2 is 2.07 bits per heavy atom. The van der Waals surface area contributed by atoms with Crippen LogP contribution in [0, 0.1) is 13.8 Å². The Morgan fingerprint density at radius 1 is 1.26 bits per heavy atom. The summed E-state index contributed by atoms with van der Waals surface area (Å²) in [6, 6.07) is 8.10. The molecule has 148 valence electrons. The lowest BCUT2D eigenvalue weighted by Crippen LogP contribution is -2.41. The number of hydrogen-bond acceptors (Lipinski definition) is 3. The van der Waals surface area contributed by atoms with Gasteiger partial charge in [-0.25, -0.2) is 4.98 Å². The zero-order valence-electron chi connectivity index (χ0n) is 17.1. The molecular weight excluding hydrogens is 338 g/mol. The molecule has 27 heavy (non-hydrogen) atoms. The molecule has 1 N–H and O–H groups in total. The first-order chi connectivity index (χ1) is 13.1. The summed E-state index contributed by atoms with van der Waals surface area (Å²) < 4.78 is 8.08. The molecule has 2 rings (SSSR count). The third-order valence-corrected chi connectivity index (χ3v) is 4.47. The molecule has 1 aromatic heterocycles. The second-order valence-corrected chi connectivity index (χ2v) is 6.65. The number of nitrogens with one attached hydrogen (secondary N) is 1. The number of likely N-dealkylation sites (N-methyl/N-ethyl adjacent to an activating group) is 1. The minimum absolute atomic E-state index is 0.631. The largest absolute Gasteiger partial charge is 0.491 e. The second kappa shape index (κ2) is 11.3. The summed E-state index contributed by atoms with van der Waals surface area (Å²) in [7, 11) is 2.05. The lowest BCUT2D eigenvalue weighted by atomic mass is 10.2. The average Bonchev–Trinajstić information content (AvgIpc) is 3.07. The van der Waals surface area contributed by atoms with Crippen LogP contribution in [0.4, 0.5) is 0 Å². The Morgan fingerprint density at radius 3 is 2.78 bits per heavy atom. The van der Waals surface area contributed by atoms with E-state index in [1.807, 2.05) is 37.5 Å². The van der Waals surface area contributed by atoms with Gasteiger partial charge in [-0.3, -0.25) is 4.99 Å². The second-order valence-electron chi connectivity index (χ2n) is 6.65. The van der Waals surface area contributed by atoms with Gasteiger partial charge in [-0.2, -0.15) is 0 Å². The number of nitrogens with zero attached hydrogens (tertiary/aromatic N) is 4. The van der Waals surface area contributed by atoms with Gasteiger partial charge in [0, 0.05) is 39.1 Å². The fourth-order valence-electron chi connectivity index (χ4n) is 2.81. The molecule has 0 radical (unpaired) electrons. The Labute approximate surface area is 163 Å². The van der Waals surface area contributed by atoms with Crippen molar-refractivity contribution in [3.63, 3.8) is 0 Å². The van der Waals surface area contributed by atoms with E-state index in [9.17, 15) is 0 Å². The van der Waals surface area contributed by atoms with Gasteiger partial charge in [-0.1, -0.05) is 18.2 Å². The molecule has 0 atom stereocenters. The quantitative estimate of drug-likeness (QED) is 0.396. The number of rotatable bonds is 10. The van der Waals surface area contributed by atoms with Gasteiger partial charge in [0.05, 0.1) is 6.54 Å². The number of hydrogen-bond donors (Lipinski definition) is 1. The van der Waals surface area contributed by atoms with Crippen LogP contribution in [0.3, 0.4) is 0 Å². The number of ether oxygens (including phenoxy) is 1. The van der Waals surface area contributed by atoms with Crippen molar-refractivity contribution < 1.29 is 4.74 Å². The van der Waals surface area contributed by atoms with E-state index in [0.717, 1.165) is 62.1 Å². The van der Waals surface area contributed by atoms with Gasteiger partial charge in [-0.05, 0) is 45.2 Å². The van der Waals surface area contributed by atoms with Crippen molar-refractivity contribution in [3.05, 3.63) is 48.0 Å². The maximum absolute atomic E-state index is 5.90. The third kappa shape index (κ3) is 6.96. The van der Waals surface area contributed by atoms with Gasteiger partial charge in [0.2, 0.25) is 0 Å². The molecule has 0 unspecified atom stereocenters. The SMILES string of the molecule is CCNC(=NCCCCn1ccnc1C)N(C)CCOc1ccccc1C. The maximum Gasteiger partial charge on any atom is 0.193 e. The fraction of sp³-hybridized carbons (Fsp3) is 0.524. The van der Waals surface area contributed by atoms with E-state index in [-0.39, 0.29) is 0 Å². The van der Waals surface area contributed by atoms with Crippen molar-refractivity contribution in [2.24, 2.45) is 4.99 Å². The van der Waals surface area contributed by atoms with Crippen LogP contribution in [-0.4, -0.2) is 53.7 Å². The third-order valence-electron chi connectivity index (χ3n) is 4.47. The number of imidazole rings is 1. The lowest BCUT2D eigenvalue weighted by Gasteiger charge is -2.22. The molecule has 2 aromatic rings. The standard InChI is InChI=1S/C21H33N5O/c1-5-22-21(24-12-8-9-14-26-15-13-23-19(26)3)25(4)16-17-27-20-11-7-6-10-18(20)2/h6-7,10-11,13,15H,5,8-9,12,14,16-17H2,1-4H3,(H,22,24). The van der Waals surface area contributed by atoms with Crippen LogP contribution in [0.1, 0.15) is 31.2 Å². The van der Waals surface area contributed by atoms with Crippen molar-refractivity contribution in [1.82, 2.24) is 19.8 Å². The van der Waals surface area contributed by atoms with Gasteiger partial charge >= 0.3 is 0 Å². The average molecular weight is 372 g/mol. The molecule has 0 aliphatic rings. The smallest absolute Gasteiger partial charge is 0.193 e. The van der Waals surface area contributed by atoms with Crippen molar-refractivity contribution in [3.8, 4) is 5.75 Å². The van der Waals surface area contributed by atoms with E-state index in [0.29, 0.717) is 6.61 Å². The number of aromatic nitrogens is 2.